The minimum absolute atomic E-state index is 0.288. The molecule has 0 radical (unpaired) electrons. The molecule has 1 atom stereocenters. The number of carbonyl (C=O) groups is 1. The first-order valence-electron chi connectivity index (χ1n) is 12.3. The van der Waals surface area contributed by atoms with E-state index >= 15 is 0 Å². The van der Waals surface area contributed by atoms with Crippen molar-refractivity contribution in [3.05, 3.63) is 28.8 Å². The lowest BCUT2D eigenvalue weighted by Crippen LogP contribution is -2.97. The van der Waals surface area contributed by atoms with Crippen LogP contribution >= 0.6 is 0 Å². The molecule has 1 saturated heterocycles. The fraction of sp³-hybridized carbons (Fsp3) is 0.458. The molecule has 0 amide bonds. The van der Waals surface area contributed by atoms with Crippen molar-refractivity contribution in [3.8, 4) is 40.2 Å². The number of ketones is 1. The molecule has 1 fully saturated rings. The van der Waals surface area contributed by atoms with Crippen molar-refractivity contribution in [2.24, 2.45) is 5.92 Å². The number of Topliss-reactive ketones (excluding diaryl/α,β-unsaturated/α-hetero) is 1. The number of aliphatic hydroxyl groups is 13. The number of hydrogen-bond acceptors (Lipinski definition) is 22. The van der Waals surface area contributed by atoms with E-state index in [0.717, 1.165) is 20.3 Å². The summed E-state index contributed by atoms with van der Waals surface area (Å²) in [6.45, 7) is -2.05. The first-order chi connectivity index (χ1) is 20.7. The Morgan fingerprint density at radius 3 is 1.50 bits per heavy atom. The summed E-state index contributed by atoms with van der Waals surface area (Å²) in [6, 6.07) is 1.43. The third-order valence-electron chi connectivity index (χ3n) is 8.27. The molecule has 0 aromatic heterocycles. The minimum atomic E-state index is -5.53. The van der Waals surface area contributed by atoms with Crippen LogP contribution in [0.15, 0.2) is 12.1 Å². The Labute approximate surface area is 253 Å². The summed E-state index contributed by atoms with van der Waals surface area (Å²) in [5.74, 6) is -44.5. The van der Waals surface area contributed by atoms with Crippen LogP contribution in [0.4, 0.5) is 0 Å². The van der Waals surface area contributed by atoms with Gasteiger partial charge in [0.05, 0.1) is 19.8 Å². The molecule has 1 aliphatic carbocycles. The number of nitrogens with zero attached hydrogens (tertiary/aromatic N) is 1. The number of benzene rings is 2. The molecule has 2 aromatic rings. The second kappa shape index (κ2) is 9.83. The van der Waals surface area contributed by atoms with E-state index in [0.29, 0.717) is 6.07 Å². The van der Waals surface area contributed by atoms with Crippen molar-refractivity contribution in [1.82, 2.24) is 4.90 Å². The van der Waals surface area contributed by atoms with E-state index in [4.69, 9.17) is 9.47 Å². The van der Waals surface area contributed by atoms with E-state index in [2.05, 4.69) is 0 Å². The van der Waals surface area contributed by atoms with Gasteiger partial charge in [0.25, 0.3) is 23.4 Å². The number of carbonyl (C=O) groups excluding carboxylic acids is 1. The lowest BCUT2D eigenvalue weighted by atomic mass is 9.64. The maximum Gasteiger partial charge on any atom is 0.290 e. The molecular formula is C24H29NO21. The average molecular weight is 667 g/mol. The summed E-state index contributed by atoms with van der Waals surface area (Å²) in [7, 11) is 2.11. The number of hydrogen-bond donors (Lipinski definition) is 18. The van der Waals surface area contributed by atoms with Gasteiger partial charge in [0.2, 0.25) is 34.4 Å². The maximum atomic E-state index is 13.4. The first kappa shape index (κ1) is 35.0. The summed E-state index contributed by atoms with van der Waals surface area (Å²) >= 11 is 0. The van der Waals surface area contributed by atoms with Gasteiger partial charge in [-0.2, -0.15) is 4.90 Å². The van der Waals surface area contributed by atoms with Crippen molar-refractivity contribution < 1.29 is 106 Å². The van der Waals surface area contributed by atoms with Gasteiger partial charge in [0.1, 0.15) is 5.92 Å². The van der Waals surface area contributed by atoms with Crippen LogP contribution in [0.5, 0.6) is 40.2 Å². The molecule has 0 spiro atoms. The Balaban J connectivity index is 1.96. The molecule has 0 bridgehead atoms. The van der Waals surface area contributed by atoms with Crippen molar-refractivity contribution in [3.63, 3.8) is 0 Å². The Morgan fingerprint density at radius 2 is 1.09 bits per heavy atom. The molecule has 4 rings (SSSR count). The Hall–Kier alpha value is -3.85. The molecule has 22 heteroatoms. The number of ether oxygens (including phenoxy) is 2. The quantitative estimate of drug-likeness (QED) is 0.0772. The summed E-state index contributed by atoms with van der Waals surface area (Å²) in [4.78, 5) is 12.3. The van der Waals surface area contributed by atoms with Crippen LogP contribution in [0.2, 0.25) is 0 Å². The molecule has 2 aromatic carbocycles. The van der Waals surface area contributed by atoms with Gasteiger partial charge < -0.3 is 101 Å². The van der Waals surface area contributed by atoms with Crippen LogP contribution in [0, 0.1) is 5.92 Å². The first-order valence-corrected chi connectivity index (χ1v) is 12.3. The number of phenols is 5. The molecule has 18 N–H and O–H groups in total. The fourth-order valence-electron chi connectivity index (χ4n) is 5.65. The van der Waals surface area contributed by atoms with Crippen LogP contribution in [-0.2, 0) is 12.3 Å². The van der Waals surface area contributed by atoms with E-state index in [-0.39, 0.29) is 11.5 Å². The fourth-order valence-corrected chi connectivity index (χ4v) is 5.65. The third kappa shape index (κ3) is 3.81. The van der Waals surface area contributed by atoms with Gasteiger partial charge in [-0.15, -0.1) is 0 Å². The highest BCUT2D eigenvalue weighted by Gasteiger charge is 2.91. The number of piperidine rings is 1. The zero-order valence-corrected chi connectivity index (χ0v) is 23.2. The Kier molecular flexibility index (Phi) is 7.48. The minimum Gasteiger partial charge on any atom is -0.504 e. The highest BCUT2D eigenvalue weighted by Crippen LogP contribution is 2.60. The lowest BCUT2D eigenvalue weighted by molar-refractivity contribution is -0.622. The van der Waals surface area contributed by atoms with Crippen LogP contribution in [0.25, 0.3) is 0 Å². The standard InChI is InChI=1S/C24H29NO21/c1-45-9-3-6-8(4-10(9)46-2)18(32,33)17(13(6)28)19(34,35)20(36)21(37,38)23(41,42)25(24(43,44)22(20,39)40)5-7-11(26)14(29)16(31)15(30)12(7)27/h3-4,17,26-27,29-44H,5H2,1-2H3. The molecule has 46 heavy (non-hydrogen) atoms. The molecule has 1 aliphatic heterocycles. The van der Waals surface area contributed by atoms with E-state index < -0.39 is 109 Å². The SMILES string of the molecule is COc1cc2c(cc1OC)C(O)(O)C(C(O)(O)C1(O)C(O)(O)C(O)(O)N(Cc3c(O)c(O)c(O)c(O)c3O)C(O)(O)C1(O)O)C2=O. The van der Waals surface area contributed by atoms with E-state index in [1.54, 1.807) is 0 Å². The maximum absolute atomic E-state index is 13.4. The predicted octanol–water partition coefficient (Wildman–Crippen LogP) is -7.25. The Morgan fingerprint density at radius 1 is 0.696 bits per heavy atom. The second-order valence-corrected chi connectivity index (χ2v) is 10.6. The molecule has 1 heterocycles. The monoisotopic (exact) mass is 667 g/mol. The molecule has 0 saturated carbocycles. The topological polar surface area (TPSA) is 403 Å². The normalized spacial score (nSPS) is 24.0. The molecule has 2 aliphatic rings. The van der Waals surface area contributed by atoms with Crippen LogP contribution in [-0.4, -0.2) is 152 Å². The predicted molar refractivity (Wildman–Crippen MR) is 135 cm³/mol. The van der Waals surface area contributed by atoms with Crippen LogP contribution in [0.1, 0.15) is 21.5 Å². The van der Waals surface area contributed by atoms with Crippen molar-refractivity contribution in [1.29, 1.82) is 0 Å². The molecule has 1 unspecified atom stereocenters. The van der Waals surface area contributed by atoms with Gasteiger partial charge in [0, 0.05) is 17.7 Å². The number of phenolic OH excluding ortho intramolecular Hbond substituents is 5. The Bertz CT molecular complexity index is 1550. The molecular weight excluding hydrogens is 638 g/mol. The summed E-state index contributed by atoms with van der Waals surface area (Å²) in [5, 5.41) is 192. The van der Waals surface area contributed by atoms with E-state index in [1.165, 1.54) is 0 Å². The van der Waals surface area contributed by atoms with Gasteiger partial charge in [-0.3, -0.25) is 4.79 Å². The number of aromatic hydroxyl groups is 5. The van der Waals surface area contributed by atoms with Crippen LogP contribution < -0.4 is 9.47 Å². The van der Waals surface area contributed by atoms with E-state index in [9.17, 15) is 96.7 Å². The number of methoxy groups -OCH3 is 2. The number of fused-ring (bicyclic) bond motifs is 1. The number of likely N-dealkylation sites (tertiary alicyclic amines) is 1. The summed E-state index contributed by atoms with van der Waals surface area (Å²) in [6.07, 6.45) is 0. The third-order valence-corrected chi connectivity index (χ3v) is 8.27. The zero-order valence-electron chi connectivity index (χ0n) is 23.2. The highest BCUT2D eigenvalue weighted by atomic mass is 16.7. The summed E-state index contributed by atoms with van der Waals surface area (Å²) in [5.41, 5.74) is -8.82. The average Bonchev–Trinajstić information content (AvgIpc) is 3.16. The van der Waals surface area contributed by atoms with Crippen molar-refractivity contribution in [2.45, 2.75) is 47.1 Å². The molecule has 256 valence electrons. The van der Waals surface area contributed by atoms with Gasteiger partial charge >= 0.3 is 0 Å². The smallest absolute Gasteiger partial charge is 0.290 e. The van der Waals surface area contributed by atoms with Crippen LogP contribution in [0.3, 0.4) is 0 Å². The number of rotatable bonds is 6. The zero-order chi connectivity index (χ0) is 35.5. The van der Waals surface area contributed by atoms with Crippen molar-refractivity contribution >= 4 is 5.78 Å². The highest BCUT2D eigenvalue weighted by molar-refractivity contribution is 6.04. The lowest BCUT2D eigenvalue weighted by Gasteiger charge is -2.65. The van der Waals surface area contributed by atoms with Gasteiger partial charge in [0.15, 0.2) is 28.8 Å². The van der Waals surface area contributed by atoms with E-state index in [1.807, 2.05) is 0 Å². The van der Waals surface area contributed by atoms with Gasteiger partial charge in [-0.1, -0.05) is 0 Å². The van der Waals surface area contributed by atoms with Gasteiger partial charge in [-0.25, -0.2) is 0 Å². The second-order valence-electron chi connectivity index (χ2n) is 10.6. The summed E-state index contributed by atoms with van der Waals surface area (Å²) < 4.78 is 9.92. The largest absolute Gasteiger partial charge is 0.504 e. The van der Waals surface area contributed by atoms with Crippen molar-refractivity contribution in [2.75, 3.05) is 14.2 Å². The van der Waals surface area contributed by atoms with Gasteiger partial charge in [-0.05, 0) is 12.1 Å². The molecule has 22 nitrogen and oxygen atoms in total.